The third-order valence-corrected chi connectivity index (χ3v) is 6.52. The van der Waals surface area contributed by atoms with Gasteiger partial charge in [-0.2, -0.15) is 0 Å². The van der Waals surface area contributed by atoms with E-state index in [9.17, 15) is 8.42 Å². The predicted molar refractivity (Wildman–Crippen MR) is 91.9 cm³/mol. The first-order chi connectivity index (χ1) is 9.99. The summed E-state index contributed by atoms with van der Waals surface area (Å²) in [5, 5.41) is 0. The molecule has 1 heterocycles. The van der Waals surface area contributed by atoms with Crippen molar-refractivity contribution in [2.75, 3.05) is 26.2 Å². The fourth-order valence-corrected chi connectivity index (χ4v) is 5.03. The number of hydrogen-bond donors (Lipinski definition) is 1. The van der Waals surface area contributed by atoms with Crippen molar-refractivity contribution >= 4 is 41.9 Å². The maximum absolute atomic E-state index is 12.3. The van der Waals surface area contributed by atoms with Crippen LogP contribution in [0.3, 0.4) is 0 Å². The summed E-state index contributed by atoms with van der Waals surface area (Å²) in [6.45, 7) is 3.72. The lowest BCUT2D eigenvalue weighted by atomic mass is 10.1. The molecule has 0 amide bonds. The number of benzene rings is 1. The topological polar surface area (TPSA) is 49.4 Å². The van der Waals surface area contributed by atoms with Crippen LogP contribution >= 0.6 is 31.9 Å². The summed E-state index contributed by atoms with van der Waals surface area (Å²) in [4.78, 5) is 2.68. The molecule has 1 aliphatic heterocycles. The quantitative estimate of drug-likeness (QED) is 0.691. The Hall–Kier alpha value is 0.0500. The van der Waals surface area contributed by atoms with Gasteiger partial charge in [0.05, 0.1) is 4.90 Å². The monoisotopic (exact) mass is 438 g/mol. The Bertz CT molecular complexity index is 572. The van der Waals surface area contributed by atoms with Crippen LogP contribution in [0, 0.1) is 0 Å². The molecule has 21 heavy (non-hydrogen) atoms. The molecule has 0 aromatic heterocycles. The van der Waals surface area contributed by atoms with Gasteiger partial charge in [0.25, 0.3) is 0 Å². The third kappa shape index (κ3) is 5.32. The van der Waals surface area contributed by atoms with Gasteiger partial charge in [-0.3, -0.25) is 0 Å². The number of sulfonamides is 1. The second kappa shape index (κ2) is 8.06. The zero-order valence-electron chi connectivity index (χ0n) is 11.8. The van der Waals surface area contributed by atoms with Gasteiger partial charge >= 0.3 is 0 Å². The minimum absolute atomic E-state index is 0.273. The number of rotatable bonds is 6. The Balaban J connectivity index is 1.85. The summed E-state index contributed by atoms with van der Waals surface area (Å²) in [5.41, 5.74) is 0. The van der Waals surface area contributed by atoms with Crippen molar-refractivity contribution in [1.82, 2.24) is 9.62 Å². The van der Waals surface area contributed by atoms with E-state index in [4.69, 9.17) is 0 Å². The van der Waals surface area contributed by atoms with Crippen LogP contribution < -0.4 is 4.72 Å². The minimum Gasteiger partial charge on any atom is -0.303 e. The van der Waals surface area contributed by atoms with Crippen molar-refractivity contribution < 1.29 is 8.42 Å². The van der Waals surface area contributed by atoms with E-state index in [1.807, 2.05) is 0 Å². The van der Waals surface area contributed by atoms with E-state index >= 15 is 0 Å². The summed E-state index contributed by atoms with van der Waals surface area (Å²) in [5.74, 6) is 0. The van der Waals surface area contributed by atoms with Gasteiger partial charge in [0.15, 0.2) is 0 Å². The van der Waals surface area contributed by atoms with Gasteiger partial charge in [-0.15, -0.1) is 0 Å². The SMILES string of the molecule is O=S(=O)(NCCCN1CCCCC1)c1cc(Br)ccc1Br. The summed E-state index contributed by atoms with van der Waals surface area (Å²) >= 11 is 6.59. The zero-order valence-corrected chi connectivity index (χ0v) is 15.8. The molecule has 4 nitrogen and oxygen atoms in total. The van der Waals surface area contributed by atoms with Crippen LogP contribution in [-0.2, 0) is 10.0 Å². The fraction of sp³-hybridized carbons (Fsp3) is 0.571. The Morgan fingerprint density at radius 1 is 1.14 bits per heavy atom. The molecule has 0 spiro atoms. The number of likely N-dealkylation sites (tertiary alicyclic amines) is 1. The van der Waals surface area contributed by atoms with Crippen LogP contribution in [0.25, 0.3) is 0 Å². The smallest absolute Gasteiger partial charge is 0.241 e. The van der Waals surface area contributed by atoms with Crippen LogP contribution in [0.5, 0.6) is 0 Å². The average Bonchev–Trinajstić information content (AvgIpc) is 2.47. The van der Waals surface area contributed by atoms with Crippen molar-refractivity contribution in [3.05, 3.63) is 27.1 Å². The van der Waals surface area contributed by atoms with E-state index in [0.717, 1.165) is 30.5 Å². The number of nitrogens with one attached hydrogen (secondary N) is 1. The molecule has 1 aliphatic rings. The molecular formula is C14H20Br2N2O2S. The van der Waals surface area contributed by atoms with Gasteiger partial charge in [0, 0.05) is 15.5 Å². The van der Waals surface area contributed by atoms with Crippen molar-refractivity contribution in [3.63, 3.8) is 0 Å². The second-order valence-electron chi connectivity index (χ2n) is 5.23. The van der Waals surface area contributed by atoms with Gasteiger partial charge in [-0.05, 0) is 73.0 Å². The fourth-order valence-electron chi connectivity index (χ4n) is 2.45. The molecule has 0 atom stereocenters. The maximum atomic E-state index is 12.3. The van der Waals surface area contributed by atoms with Crippen LogP contribution in [0.2, 0.25) is 0 Å². The van der Waals surface area contributed by atoms with Gasteiger partial charge in [0.2, 0.25) is 10.0 Å². The summed E-state index contributed by atoms with van der Waals surface area (Å²) in [6, 6.07) is 5.14. The largest absolute Gasteiger partial charge is 0.303 e. The van der Waals surface area contributed by atoms with Crippen LogP contribution in [-0.4, -0.2) is 39.5 Å². The first kappa shape index (κ1) is 17.4. The molecule has 1 saturated heterocycles. The molecule has 118 valence electrons. The van der Waals surface area contributed by atoms with Crippen molar-refractivity contribution in [1.29, 1.82) is 0 Å². The average molecular weight is 440 g/mol. The van der Waals surface area contributed by atoms with E-state index in [1.165, 1.54) is 19.3 Å². The Labute approximate surface area is 143 Å². The highest BCUT2D eigenvalue weighted by atomic mass is 79.9. The van der Waals surface area contributed by atoms with Gasteiger partial charge in [0.1, 0.15) is 0 Å². The lowest BCUT2D eigenvalue weighted by Gasteiger charge is -2.26. The number of piperidine rings is 1. The summed E-state index contributed by atoms with van der Waals surface area (Å²) in [6.07, 6.45) is 4.68. The molecule has 0 aliphatic carbocycles. The van der Waals surface area contributed by atoms with E-state index in [2.05, 4.69) is 41.5 Å². The van der Waals surface area contributed by atoms with E-state index < -0.39 is 10.0 Å². The van der Waals surface area contributed by atoms with Crippen molar-refractivity contribution in [2.24, 2.45) is 0 Å². The first-order valence-electron chi connectivity index (χ1n) is 7.16. The molecule has 0 unspecified atom stereocenters. The van der Waals surface area contributed by atoms with E-state index in [1.54, 1.807) is 18.2 Å². The highest BCUT2D eigenvalue weighted by Gasteiger charge is 2.17. The van der Waals surface area contributed by atoms with Gasteiger partial charge in [-0.25, -0.2) is 13.1 Å². The summed E-state index contributed by atoms with van der Waals surface area (Å²) < 4.78 is 28.6. The Morgan fingerprint density at radius 3 is 2.57 bits per heavy atom. The molecule has 7 heteroatoms. The van der Waals surface area contributed by atoms with Gasteiger partial charge in [-0.1, -0.05) is 22.4 Å². The third-order valence-electron chi connectivity index (χ3n) is 3.57. The maximum Gasteiger partial charge on any atom is 0.241 e. The molecular weight excluding hydrogens is 420 g/mol. The lowest BCUT2D eigenvalue weighted by molar-refractivity contribution is 0.227. The lowest BCUT2D eigenvalue weighted by Crippen LogP contribution is -2.33. The minimum atomic E-state index is -3.46. The number of hydrogen-bond acceptors (Lipinski definition) is 3. The molecule has 0 radical (unpaired) electrons. The Morgan fingerprint density at radius 2 is 1.86 bits per heavy atom. The van der Waals surface area contributed by atoms with E-state index in [-0.39, 0.29) is 4.90 Å². The standard InChI is InChI=1S/C14H20Br2N2O2S/c15-12-5-6-13(16)14(11-12)21(19,20)17-7-4-10-18-8-2-1-3-9-18/h5-6,11,17H,1-4,7-10H2. The summed E-state index contributed by atoms with van der Waals surface area (Å²) in [7, 11) is -3.46. The highest BCUT2D eigenvalue weighted by Crippen LogP contribution is 2.25. The Kier molecular flexibility index (Phi) is 6.68. The number of halogens is 2. The van der Waals surface area contributed by atoms with Crippen LogP contribution in [0.1, 0.15) is 25.7 Å². The van der Waals surface area contributed by atoms with Crippen molar-refractivity contribution in [2.45, 2.75) is 30.6 Å². The predicted octanol–water partition coefficient (Wildman–Crippen LogP) is 3.37. The normalized spacial score (nSPS) is 17.0. The molecule has 1 N–H and O–H groups in total. The second-order valence-corrected chi connectivity index (χ2v) is 8.73. The molecule has 2 rings (SSSR count). The molecule has 1 aromatic carbocycles. The molecule has 1 fully saturated rings. The van der Waals surface area contributed by atoms with Gasteiger partial charge < -0.3 is 4.90 Å². The van der Waals surface area contributed by atoms with Crippen LogP contribution in [0.15, 0.2) is 32.0 Å². The zero-order chi connectivity index (χ0) is 15.3. The van der Waals surface area contributed by atoms with Crippen LogP contribution in [0.4, 0.5) is 0 Å². The van der Waals surface area contributed by atoms with E-state index in [0.29, 0.717) is 11.0 Å². The van der Waals surface area contributed by atoms with Crippen molar-refractivity contribution in [3.8, 4) is 0 Å². The number of nitrogens with zero attached hydrogens (tertiary/aromatic N) is 1. The molecule has 1 aromatic rings. The first-order valence-corrected chi connectivity index (χ1v) is 10.2. The highest BCUT2D eigenvalue weighted by molar-refractivity contribution is 9.11. The molecule has 0 bridgehead atoms. The molecule has 0 saturated carbocycles.